The molecule has 30 heavy (non-hydrogen) atoms. The van der Waals surface area contributed by atoms with E-state index in [9.17, 15) is 18.0 Å². The molecular formula is C21H24ClF3N4O. The Morgan fingerprint density at radius 3 is 2.67 bits per heavy atom. The first kappa shape index (κ1) is 22.4. The van der Waals surface area contributed by atoms with Crippen molar-refractivity contribution in [2.45, 2.75) is 26.4 Å². The molecule has 0 unspecified atom stereocenters. The topological polar surface area (TPSA) is 48.5 Å². The summed E-state index contributed by atoms with van der Waals surface area (Å²) in [7, 11) is 0. The van der Waals surface area contributed by atoms with Gasteiger partial charge in [0.05, 0.1) is 17.1 Å². The molecule has 1 aromatic carbocycles. The number of rotatable bonds is 4. The summed E-state index contributed by atoms with van der Waals surface area (Å²) >= 11 is 6.08. The minimum atomic E-state index is -4.48. The lowest BCUT2D eigenvalue weighted by Crippen LogP contribution is -2.36. The molecule has 0 atom stereocenters. The molecule has 0 radical (unpaired) electrons. The van der Waals surface area contributed by atoms with Crippen molar-refractivity contribution >= 4 is 29.0 Å². The van der Waals surface area contributed by atoms with Crippen molar-refractivity contribution in [2.24, 2.45) is 0 Å². The van der Waals surface area contributed by atoms with Crippen LogP contribution in [0.15, 0.2) is 30.5 Å². The van der Waals surface area contributed by atoms with Crippen LogP contribution in [0.3, 0.4) is 0 Å². The smallest absolute Gasteiger partial charge is 0.354 e. The zero-order valence-electron chi connectivity index (χ0n) is 16.9. The Kier molecular flexibility index (Phi) is 6.88. The van der Waals surface area contributed by atoms with E-state index in [1.807, 2.05) is 41.8 Å². The van der Waals surface area contributed by atoms with Gasteiger partial charge in [-0.05, 0) is 43.5 Å². The summed E-state index contributed by atoms with van der Waals surface area (Å²) < 4.78 is 38.5. The highest BCUT2D eigenvalue weighted by Crippen LogP contribution is 2.33. The van der Waals surface area contributed by atoms with Crippen molar-refractivity contribution in [3.8, 4) is 0 Å². The molecule has 1 fully saturated rings. The lowest BCUT2D eigenvalue weighted by molar-refractivity contribution is -0.137. The first-order chi connectivity index (χ1) is 14.1. The van der Waals surface area contributed by atoms with Crippen LogP contribution in [-0.2, 0) is 11.0 Å². The van der Waals surface area contributed by atoms with Gasteiger partial charge in [-0.15, -0.1) is 0 Å². The number of nitrogens with zero attached hydrogens (tertiary/aromatic N) is 3. The fraction of sp³-hybridized carbons (Fsp3) is 0.429. The van der Waals surface area contributed by atoms with E-state index in [0.29, 0.717) is 32.0 Å². The summed E-state index contributed by atoms with van der Waals surface area (Å²) in [5.41, 5.74) is 2.09. The normalized spacial score (nSPS) is 15.7. The molecule has 2 heterocycles. The highest BCUT2D eigenvalue weighted by atomic mass is 35.5. The maximum atomic E-state index is 12.8. The van der Waals surface area contributed by atoms with Crippen molar-refractivity contribution in [2.75, 3.05) is 42.9 Å². The number of anilines is 2. The van der Waals surface area contributed by atoms with Crippen LogP contribution in [0, 0.1) is 13.8 Å². The summed E-state index contributed by atoms with van der Waals surface area (Å²) in [5, 5.41) is 2.93. The monoisotopic (exact) mass is 440 g/mol. The van der Waals surface area contributed by atoms with E-state index in [1.165, 1.54) is 0 Å². The van der Waals surface area contributed by atoms with E-state index in [1.54, 1.807) is 0 Å². The van der Waals surface area contributed by atoms with Gasteiger partial charge in [-0.1, -0.05) is 23.7 Å². The van der Waals surface area contributed by atoms with E-state index in [0.717, 1.165) is 35.5 Å². The van der Waals surface area contributed by atoms with Gasteiger partial charge in [0.2, 0.25) is 5.91 Å². The quantitative estimate of drug-likeness (QED) is 0.759. The molecule has 2 aromatic rings. The third-order valence-electron chi connectivity index (χ3n) is 5.28. The molecule has 1 amide bonds. The summed E-state index contributed by atoms with van der Waals surface area (Å²) in [4.78, 5) is 20.3. The van der Waals surface area contributed by atoms with Crippen LogP contribution in [0.1, 0.15) is 23.1 Å². The average Bonchev–Trinajstić information content (AvgIpc) is 2.90. The molecule has 0 saturated carbocycles. The number of halogens is 4. The predicted molar refractivity (Wildman–Crippen MR) is 112 cm³/mol. The molecule has 0 aliphatic carbocycles. The number of pyridine rings is 1. The van der Waals surface area contributed by atoms with Crippen molar-refractivity contribution in [1.29, 1.82) is 0 Å². The second kappa shape index (κ2) is 9.22. The third kappa shape index (κ3) is 5.43. The molecule has 1 aromatic heterocycles. The molecule has 1 aliphatic rings. The van der Waals surface area contributed by atoms with Crippen molar-refractivity contribution < 1.29 is 18.0 Å². The lowest BCUT2D eigenvalue weighted by atomic mass is 10.1. The zero-order valence-corrected chi connectivity index (χ0v) is 17.6. The van der Waals surface area contributed by atoms with Crippen LogP contribution in [-0.4, -0.2) is 48.5 Å². The van der Waals surface area contributed by atoms with Crippen molar-refractivity contribution in [1.82, 2.24) is 9.88 Å². The third-order valence-corrected chi connectivity index (χ3v) is 5.56. The van der Waals surface area contributed by atoms with E-state index in [2.05, 4.69) is 10.3 Å². The fourth-order valence-electron chi connectivity index (χ4n) is 3.44. The number of amides is 1. The van der Waals surface area contributed by atoms with E-state index >= 15 is 0 Å². The van der Waals surface area contributed by atoms with Gasteiger partial charge in [0.1, 0.15) is 5.82 Å². The van der Waals surface area contributed by atoms with Gasteiger partial charge in [-0.3, -0.25) is 9.69 Å². The van der Waals surface area contributed by atoms with Crippen LogP contribution in [0.5, 0.6) is 0 Å². The Bertz CT molecular complexity index is 920. The second-order valence-electron chi connectivity index (χ2n) is 7.44. The summed E-state index contributed by atoms with van der Waals surface area (Å²) in [5.74, 6) is 0.245. The van der Waals surface area contributed by atoms with Gasteiger partial charge >= 0.3 is 6.18 Å². The van der Waals surface area contributed by atoms with Gasteiger partial charge in [-0.25, -0.2) is 4.98 Å². The average molecular weight is 441 g/mol. The van der Waals surface area contributed by atoms with Crippen molar-refractivity contribution in [3.05, 3.63) is 52.2 Å². The second-order valence-corrected chi connectivity index (χ2v) is 7.85. The number of carbonyl (C=O) groups is 1. The largest absolute Gasteiger partial charge is 0.417 e. The van der Waals surface area contributed by atoms with Gasteiger partial charge in [0, 0.05) is 38.1 Å². The van der Waals surface area contributed by atoms with Crippen LogP contribution in [0.4, 0.5) is 24.7 Å². The van der Waals surface area contributed by atoms with E-state index in [4.69, 9.17) is 11.6 Å². The van der Waals surface area contributed by atoms with Gasteiger partial charge < -0.3 is 10.2 Å². The van der Waals surface area contributed by atoms with Gasteiger partial charge in [0.15, 0.2) is 0 Å². The first-order valence-corrected chi connectivity index (χ1v) is 10.1. The number of carbonyl (C=O) groups excluding carboxylic acids is 1. The molecule has 5 nitrogen and oxygen atoms in total. The molecule has 1 N–H and O–H groups in total. The number of aryl methyl sites for hydroxylation is 1. The summed E-state index contributed by atoms with van der Waals surface area (Å²) in [6, 6.07) is 6.68. The molecule has 0 spiro atoms. The van der Waals surface area contributed by atoms with E-state index in [-0.39, 0.29) is 17.5 Å². The fourth-order valence-corrected chi connectivity index (χ4v) is 3.72. The van der Waals surface area contributed by atoms with Crippen LogP contribution < -0.4 is 10.2 Å². The highest BCUT2D eigenvalue weighted by Gasteiger charge is 2.32. The zero-order chi connectivity index (χ0) is 21.9. The number of aromatic nitrogens is 1. The molecule has 1 saturated heterocycles. The first-order valence-electron chi connectivity index (χ1n) is 9.71. The number of hydrogen-bond acceptors (Lipinski definition) is 4. The summed E-state index contributed by atoms with van der Waals surface area (Å²) in [6.07, 6.45) is -2.93. The molecule has 3 rings (SSSR count). The minimum Gasteiger partial charge on any atom is -0.354 e. The Morgan fingerprint density at radius 1 is 1.20 bits per heavy atom. The van der Waals surface area contributed by atoms with E-state index < -0.39 is 11.7 Å². The number of benzene rings is 1. The molecular weight excluding hydrogens is 417 g/mol. The standard InChI is InChI=1S/C21H24ClF3N4O/c1-14-5-3-6-18(15(14)2)27-19(30)13-28-7-4-8-29(10-9-28)20-17(22)11-16(12-26-20)21(23,24)25/h3,5-6,11-12H,4,7-10,13H2,1-2H3,(H,27,30). The van der Waals surface area contributed by atoms with Crippen LogP contribution in [0.25, 0.3) is 0 Å². The SMILES string of the molecule is Cc1cccc(NC(=O)CN2CCCN(c3ncc(C(F)(F)F)cc3Cl)CC2)c1C. The van der Waals surface area contributed by atoms with Gasteiger partial charge in [0.25, 0.3) is 0 Å². The maximum absolute atomic E-state index is 12.8. The Hall–Kier alpha value is -2.32. The molecule has 162 valence electrons. The molecule has 9 heteroatoms. The van der Waals surface area contributed by atoms with Gasteiger partial charge in [-0.2, -0.15) is 13.2 Å². The lowest BCUT2D eigenvalue weighted by Gasteiger charge is -2.24. The Labute approximate surface area is 178 Å². The molecule has 1 aliphatic heterocycles. The Morgan fingerprint density at radius 2 is 1.97 bits per heavy atom. The van der Waals surface area contributed by atoms with Crippen molar-refractivity contribution in [3.63, 3.8) is 0 Å². The molecule has 0 bridgehead atoms. The van der Waals surface area contributed by atoms with Crippen LogP contribution in [0.2, 0.25) is 5.02 Å². The predicted octanol–water partition coefficient (Wildman–Crippen LogP) is 4.52. The van der Waals surface area contributed by atoms with Crippen LogP contribution >= 0.6 is 11.6 Å². The number of nitrogens with one attached hydrogen (secondary N) is 1. The summed E-state index contributed by atoms with van der Waals surface area (Å²) in [6.45, 7) is 6.62. The minimum absolute atomic E-state index is 0.0223. The number of alkyl halides is 3. The number of hydrogen-bond donors (Lipinski definition) is 1. The maximum Gasteiger partial charge on any atom is 0.417 e. The highest BCUT2D eigenvalue weighted by molar-refractivity contribution is 6.33. The Balaban J connectivity index is 1.60.